The molecule has 0 bridgehead atoms. The van der Waals surface area contributed by atoms with E-state index in [-0.39, 0.29) is 39.7 Å². The summed E-state index contributed by atoms with van der Waals surface area (Å²) in [5.41, 5.74) is 1.24. The van der Waals surface area contributed by atoms with E-state index in [1.165, 1.54) is 19.4 Å². The number of carbonyl (C=O) groups is 1. The van der Waals surface area contributed by atoms with Gasteiger partial charge < -0.3 is 18.6 Å². The maximum atomic E-state index is 13.9. The number of rotatable bonds is 9. The molecule has 0 radical (unpaired) electrons. The number of sulfonamides is 1. The van der Waals surface area contributed by atoms with Crippen LogP contribution >= 0.6 is 26.0 Å². The lowest BCUT2D eigenvalue weighted by molar-refractivity contribution is 0.0595. The van der Waals surface area contributed by atoms with Crippen LogP contribution in [0.4, 0.5) is 10.1 Å². The standard InChI is InChI=1S/C25H27BrFNO7S2/c1-32-25(29)23-20(7-6-18-17-9-10-34-21(17)14-35-24(18)23)28(15-33-11-12-36(2,3)4)37(30,31)22-8-5-16(27)13-19(22)26/h5-10,13H,11-12,14-15H2,1-4H3. The smallest absolute Gasteiger partial charge is 0.343 e. The van der Waals surface area contributed by atoms with Crippen molar-refractivity contribution in [3.8, 4) is 16.9 Å². The number of carbonyl (C=O) groups excluding carboxylic acids is 1. The summed E-state index contributed by atoms with van der Waals surface area (Å²) in [6.07, 6.45) is 7.89. The third-order valence-electron chi connectivity index (χ3n) is 5.69. The second-order valence-electron chi connectivity index (χ2n) is 9.13. The molecule has 0 N–H and O–H groups in total. The highest BCUT2D eigenvalue weighted by atomic mass is 79.9. The van der Waals surface area contributed by atoms with Gasteiger partial charge in [-0.25, -0.2) is 31.9 Å². The topological polar surface area (TPSA) is 95.3 Å². The van der Waals surface area contributed by atoms with Gasteiger partial charge in [-0.15, -0.1) is 0 Å². The van der Waals surface area contributed by atoms with Crippen LogP contribution in [0.2, 0.25) is 0 Å². The summed E-state index contributed by atoms with van der Waals surface area (Å²) < 4.78 is 64.8. The number of esters is 1. The molecule has 37 heavy (non-hydrogen) atoms. The molecule has 0 spiro atoms. The van der Waals surface area contributed by atoms with E-state index in [0.29, 0.717) is 17.9 Å². The van der Waals surface area contributed by atoms with E-state index in [9.17, 15) is 17.6 Å². The first-order valence-corrected chi connectivity index (χ1v) is 16.4. The lowest BCUT2D eigenvalue weighted by atomic mass is 9.98. The summed E-state index contributed by atoms with van der Waals surface area (Å²) in [5.74, 6) is 0.132. The number of fused-ring (bicyclic) bond motifs is 3. The van der Waals surface area contributed by atoms with Crippen LogP contribution < -0.4 is 9.04 Å². The minimum atomic E-state index is -4.34. The van der Waals surface area contributed by atoms with Crippen LogP contribution in [0.15, 0.2) is 56.4 Å². The average molecular weight is 617 g/mol. The van der Waals surface area contributed by atoms with Gasteiger partial charge in [-0.3, -0.25) is 0 Å². The van der Waals surface area contributed by atoms with Crippen LogP contribution in [0.1, 0.15) is 16.1 Å². The van der Waals surface area contributed by atoms with Gasteiger partial charge in [0.25, 0.3) is 10.0 Å². The Kier molecular flexibility index (Phi) is 7.93. The van der Waals surface area contributed by atoms with Gasteiger partial charge in [0.1, 0.15) is 41.1 Å². The van der Waals surface area contributed by atoms with Crippen molar-refractivity contribution in [3.63, 3.8) is 0 Å². The van der Waals surface area contributed by atoms with Gasteiger partial charge in [0, 0.05) is 21.4 Å². The molecule has 0 atom stereocenters. The molecule has 2 aromatic carbocycles. The van der Waals surface area contributed by atoms with Crippen molar-refractivity contribution in [2.75, 3.05) is 49.3 Å². The lowest BCUT2D eigenvalue weighted by Gasteiger charge is -2.30. The molecular formula is C25H27BrFNO7S2. The van der Waals surface area contributed by atoms with Gasteiger partial charge in [0.05, 0.1) is 25.7 Å². The highest BCUT2D eigenvalue weighted by Gasteiger charge is 2.35. The number of hydrogen-bond acceptors (Lipinski definition) is 7. The molecule has 3 aromatic rings. The lowest BCUT2D eigenvalue weighted by Crippen LogP contribution is -2.35. The van der Waals surface area contributed by atoms with Crippen molar-refractivity contribution in [1.82, 2.24) is 0 Å². The Hall–Kier alpha value is -2.54. The van der Waals surface area contributed by atoms with Crippen LogP contribution in [-0.2, 0) is 26.1 Å². The van der Waals surface area contributed by atoms with Gasteiger partial charge in [-0.05, 0) is 71.1 Å². The first kappa shape index (κ1) is 27.5. The van der Waals surface area contributed by atoms with Crippen molar-refractivity contribution in [1.29, 1.82) is 0 Å². The Morgan fingerprint density at radius 1 is 1.14 bits per heavy atom. The number of ether oxygens (including phenoxy) is 3. The molecule has 8 nitrogen and oxygen atoms in total. The molecular weight excluding hydrogens is 589 g/mol. The van der Waals surface area contributed by atoms with E-state index in [1.54, 1.807) is 12.1 Å². The van der Waals surface area contributed by atoms with Gasteiger partial charge in [0.2, 0.25) is 0 Å². The predicted octanol–water partition coefficient (Wildman–Crippen LogP) is 5.39. The number of hydrogen-bond donors (Lipinski definition) is 0. The predicted molar refractivity (Wildman–Crippen MR) is 145 cm³/mol. The summed E-state index contributed by atoms with van der Waals surface area (Å²) in [6.45, 7) is -0.0197. The third kappa shape index (κ3) is 5.66. The fourth-order valence-corrected chi connectivity index (χ4v) is 6.79. The SMILES string of the molecule is COC(=O)c1c(N(COCCS(C)(C)C)S(=O)(=O)c2ccc(F)cc2Br)ccc2c1OCc1occc1-2. The molecule has 0 saturated heterocycles. The number of nitrogens with zero attached hydrogens (tertiary/aromatic N) is 1. The van der Waals surface area contributed by atoms with Crippen LogP contribution in [-0.4, -0.2) is 59.4 Å². The summed E-state index contributed by atoms with van der Waals surface area (Å²) >= 11 is 3.16. The van der Waals surface area contributed by atoms with Gasteiger partial charge in [-0.2, -0.15) is 0 Å². The molecule has 0 saturated carbocycles. The van der Waals surface area contributed by atoms with Gasteiger partial charge >= 0.3 is 5.97 Å². The Morgan fingerprint density at radius 3 is 2.57 bits per heavy atom. The Morgan fingerprint density at radius 2 is 1.89 bits per heavy atom. The van der Waals surface area contributed by atoms with E-state index in [1.807, 2.05) is 0 Å². The molecule has 2 heterocycles. The second kappa shape index (κ2) is 10.7. The average Bonchev–Trinajstić information content (AvgIpc) is 3.31. The summed E-state index contributed by atoms with van der Waals surface area (Å²) in [4.78, 5) is 12.9. The molecule has 200 valence electrons. The first-order chi connectivity index (χ1) is 17.4. The molecule has 12 heteroatoms. The van der Waals surface area contributed by atoms with Crippen LogP contribution in [0, 0.1) is 5.82 Å². The molecule has 1 aliphatic heterocycles. The van der Waals surface area contributed by atoms with E-state index < -0.39 is 31.8 Å². The first-order valence-electron chi connectivity index (χ1n) is 11.1. The van der Waals surface area contributed by atoms with E-state index in [4.69, 9.17) is 18.6 Å². The van der Waals surface area contributed by atoms with E-state index in [0.717, 1.165) is 33.8 Å². The zero-order valence-electron chi connectivity index (χ0n) is 20.7. The largest absolute Gasteiger partial charge is 0.484 e. The Balaban J connectivity index is 1.86. The van der Waals surface area contributed by atoms with Crippen molar-refractivity contribution in [2.45, 2.75) is 11.5 Å². The molecule has 0 unspecified atom stereocenters. The highest BCUT2D eigenvalue weighted by molar-refractivity contribution is 9.10. The molecule has 1 aromatic heterocycles. The Labute approximate surface area is 225 Å². The molecule has 0 aliphatic carbocycles. The van der Waals surface area contributed by atoms with E-state index in [2.05, 4.69) is 34.7 Å². The number of benzene rings is 2. The fraction of sp³-hybridized carbons (Fsp3) is 0.320. The molecule has 1 aliphatic rings. The molecule has 4 rings (SSSR count). The second-order valence-corrected chi connectivity index (χ2v) is 16.4. The number of methoxy groups -OCH3 is 1. The molecule has 0 amide bonds. The summed E-state index contributed by atoms with van der Waals surface area (Å²) in [7, 11) is -4.03. The third-order valence-corrected chi connectivity index (χ3v) is 9.79. The summed E-state index contributed by atoms with van der Waals surface area (Å²) in [6, 6.07) is 8.19. The zero-order chi connectivity index (χ0) is 27.0. The van der Waals surface area contributed by atoms with Crippen LogP contribution in [0.3, 0.4) is 0 Å². The maximum absolute atomic E-state index is 13.9. The molecule has 0 fully saturated rings. The maximum Gasteiger partial charge on any atom is 0.343 e. The van der Waals surface area contributed by atoms with Crippen molar-refractivity contribution in [2.24, 2.45) is 0 Å². The van der Waals surface area contributed by atoms with Crippen molar-refractivity contribution in [3.05, 3.63) is 64.3 Å². The zero-order valence-corrected chi connectivity index (χ0v) is 24.0. The number of anilines is 1. The number of halogens is 2. The normalized spacial score (nSPS) is 13.4. The highest BCUT2D eigenvalue weighted by Crippen LogP contribution is 2.45. The Bertz CT molecular complexity index is 1430. The van der Waals surface area contributed by atoms with Gasteiger partial charge in [0.15, 0.2) is 0 Å². The van der Waals surface area contributed by atoms with Crippen molar-refractivity contribution >= 4 is 47.6 Å². The quantitative estimate of drug-likeness (QED) is 0.181. The summed E-state index contributed by atoms with van der Waals surface area (Å²) in [5, 5.41) is 0. The minimum absolute atomic E-state index is 0.0110. The van der Waals surface area contributed by atoms with Crippen molar-refractivity contribution < 1.29 is 36.2 Å². The van der Waals surface area contributed by atoms with Gasteiger partial charge in [-0.1, -0.05) is 0 Å². The minimum Gasteiger partial charge on any atom is -0.484 e. The fourth-order valence-electron chi connectivity index (χ4n) is 3.80. The van der Waals surface area contributed by atoms with Crippen LogP contribution in [0.25, 0.3) is 11.1 Å². The van der Waals surface area contributed by atoms with Crippen LogP contribution in [0.5, 0.6) is 5.75 Å². The number of furan rings is 1. The van der Waals surface area contributed by atoms with E-state index >= 15 is 0 Å². The monoisotopic (exact) mass is 615 g/mol.